The lowest BCUT2D eigenvalue weighted by atomic mass is 9.77. The minimum Gasteiger partial charge on any atom is -0.394 e. The molecular formula is C15H20ClNO2S. The summed E-state index contributed by atoms with van der Waals surface area (Å²) in [5.41, 5.74) is -0.452. The van der Waals surface area contributed by atoms with Crippen LogP contribution in [0.15, 0.2) is 18.2 Å². The standard InChI is InChI=1S/C15H20ClNO2S/c1-11-3-2-8-15(9-11,10-18)17-14(19)7-5-12-4-6-13(16)20-12/h4-7,11,18H,2-3,8-10H2,1H3,(H,17,19). The lowest BCUT2D eigenvalue weighted by Crippen LogP contribution is -2.53. The average Bonchev–Trinajstić information content (AvgIpc) is 2.82. The number of amides is 1. The molecule has 1 fully saturated rings. The van der Waals surface area contributed by atoms with E-state index < -0.39 is 5.54 Å². The number of hydrogen-bond acceptors (Lipinski definition) is 3. The van der Waals surface area contributed by atoms with Gasteiger partial charge in [-0.3, -0.25) is 4.79 Å². The normalized spacial score (nSPS) is 26.9. The monoisotopic (exact) mass is 313 g/mol. The van der Waals surface area contributed by atoms with Gasteiger partial charge in [0.05, 0.1) is 16.5 Å². The van der Waals surface area contributed by atoms with E-state index in [0.717, 1.165) is 24.1 Å². The first-order valence-electron chi connectivity index (χ1n) is 6.89. The van der Waals surface area contributed by atoms with Crippen molar-refractivity contribution in [2.45, 2.75) is 38.1 Å². The van der Waals surface area contributed by atoms with Gasteiger partial charge in [0, 0.05) is 11.0 Å². The van der Waals surface area contributed by atoms with Gasteiger partial charge in [-0.05, 0) is 37.0 Å². The van der Waals surface area contributed by atoms with E-state index in [2.05, 4.69) is 12.2 Å². The maximum Gasteiger partial charge on any atom is 0.244 e. The van der Waals surface area contributed by atoms with Crippen molar-refractivity contribution in [2.75, 3.05) is 6.61 Å². The van der Waals surface area contributed by atoms with Crippen molar-refractivity contribution < 1.29 is 9.90 Å². The lowest BCUT2D eigenvalue weighted by Gasteiger charge is -2.39. The Morgan fingerprint density at radius 2 is 2.45 bits per heavy atom. The molecule has 0 aromatic carbocycles. The predicted octanol–water partition coefficient (Wildman–Crippen LogP) is 3.47. The molecule has 1 heterocycles. The third-order valence-electron chi connectivity index (χ3n) is 3.78. The van der Waals surface area contributed by atoms with Crippen LogP contribution >= 0.6 is 22.9 Å². The Bertz CT molecular complexity index is 500. The number of carbonyl (C=O) groups is 1. The van der Waals surface area contributed by atoms with E-state index in [0.29, 0.717) is 10.3 Å². The fourth-order valence-corrected chi connectivity index (χ4v) is 3.80. The summed E-state index contributed by atoms with van der Waals surface area (Å²) in [4.78, 5) is 13.0. The van der Waals surface area contributed by atoms with Crippen molar-refractivity contribution in [3.05, 3.63) is 27.4 Å². The molecule has 1 aromatic heterocycles. The molecule has 1 aliphatic carbocycles. The van der Waals surface area contributed by atoms with Crippen LogP contribution in [0.5, 0.6) is 0 Å². The van der Waals surface area contributed by atoms with Crippen molar-refractivity contribution >= 4 is 34.9 Å². The van der Waals surface area contributed by atoms with Gasteiger partial charge in [-0.1, -0.05) is 31.4 Å². The number of aliphatic hydroxyl groups is 1. The highest BCUT2D eigenvalue weighted by Crippen LogP contribution is 2.32. The largest absolute Gasteiger partial charge is 0.394 e. The molecule has 0 saturated heterocycles. The number of thiophene rings is 1. The molecular weight excluding hydrogens is 294 g/mol. The average molecular weight is 314 g/mol. The highest BCUT2D eigenvalue weighted by molar-refractivity contribution is 7.17. The fourth-order valence-electron chi connectivity index (χ4n) is 2.84. The zero-order valence-corrected chi connectivity index (χ0v) is 13.1. The number of carbonyl (C=O) groups excluding carboxylic acids is 1. The summed E-state index contributed by atoms with van der Waals surface area (Å²) < 4.78 is 0.706. The van der Waals surface area contributed by atoms with E-state index in [-0.39, 0.29) is 12.5 Å². The Labute approximate surface area is 128 Å². The van der Waals surface area contributed by atoms with E-state index in [1.165, 1.54) is 23.8 Å². The molecule has 5 heteroatoms. The van der Waals surface area contributed by atoms with Crippen molar-refractivity contribution in [2.24, 2.45) is 5.92 Å². The molecule has 1 saturated carbocycles. The van der Waals surface area contributed by atoms with E-state index in [1.807, 2.05) is 12.1 Å². The van der Waals surface area contributed by atoms with Crippen LogP contribution in [0.2, 0.25) is 4.34 Å². The van der Waals surface area contributed by atoms with Crippen LogP contribution < -0.4 is 5.32 Å². The van der Waals surface area contributed by atoms with Gasteiger partial charge in [0.25, 0.3) is 0 Å². The molecule has 0 bridgehead atoms. The summed E-state index contributed by atoms with van der Waals surface area (Å²) in [7, 11) is 0. The Morgan fingerprint density at radius 3 is 3.05 bits per heavy atom. The molecule has 1 aliphatic rings. The summed E-state index contributed by atoms with van der Waals surface area (Å²) in [5.74, 6) is 0.383. The predicted molar refractivity (Wildman–Crippen MR) is 84.0 cm³/mol. The second-order valence-corrected chi connectivity index (χ2v) is 7.35. The molecule has 2 N–H and O–H groups in total. The smallest absolute Gasteiger partial charge is 0.244 e. The highest BCUT2D eigenvalue weighted by Gasteiger charge is 2.35. The van der Waals surface area contributed by atoms with Crippen LogP contribution in [0.3, 0.4) is 0 Å². The van der Waals surface area contributed by atoms with Crippen LogP contribution in [-0.4, -0.2) is 23.2 Å². The number of halogens is 1. The van der Waals surface area contributed by atoms with Gasteiger partial charge in [0.15, 0.2) is 0 Å². The van der Waals surface area contributed by atoms with Gasteiger partial charge in [0.2, 0.25) is 5.91 Å². The van der Waals surface area contributed by atoms with E-state index in [1.54, 1.807) is 6.08 Å². The van der Waals surface area contributed by atoms with Gasteiger partial charge in [-0.2, -0.15) is 0 Å². The number of hydrogen-bond donors (Lipinski definition) is 2. The summed E-state index contributed by atoms with van der Waals surface area (Å²) >= 11 is 7.27. The maximum absolute atomic E-state index is 12.0. The molecule has 0 spiro atoms. The van der Waals surface area contributed by atoms with Crippen LogP contribution in [0, 0.1) is 5.92 Å². The topological polar surface area (TPSA) is 49.3 Å². The van der Waals surface area contributed by atoms with Gasteiger partial charge >= 0.3 is 0 Å². The molecule has 1 amide bonds. The summed E-state index contributed by atoms with van der Waals surface area (Å²) in [6.45, 7) is 2.17. The van der Waals surface area contributed by atoms with Gasteiger partial charge in [-0.25, -0.2) is 0 Å². The minimum absolute atomic E-state index is 0.00174. The summed E-state index contributed by atoms with van der Waals surface area (Å²) in [6, 6.07) is 3.68. The van der Waals surface area contributed by atoms with Crippen LogP contribution in [0.1, 0.15) is 37.5 Å². The fraction of sp³-hybridized carbons (Fsp3) is 0.533. The van der Waals surface area contributed by atoms with Gasteiger partial charge in [0.1, 0.15) is 0 Å². The zero-order valence-electron chi connectivity index (χ0n) is 11.6. The van der Waals surface area contributed by atoms with Crippen LogP contribution in [-0.2, 0) is 4.79 Å². The highest BCUT2D eigenvalue weighted by atomic mass is 35.5. The Kier molecular flexibility index (Phi) is 5.24. The second kappa shape index (κ2) is 6.74. The Balaban J connectivity index is 1.97. The molecule has 20 heavy (non-hydrogen) atoms. The molecule has 1 aromatic rings. The molecule has 2 rings (SSSR count). The first kappa shape index (κ1) is 15.5. The first-order chi connectivity index (χ1) is 9.53. The van der Waals surface area contributed by atoms with E-state index in [9.17, 15) is 9.90 Å². The van der Waals surface area contributed by atoms with Gasteiger partial charge in [-0.15, -0.1) is 11.3 Å². The molecule has 3 nitrogen and oxygen atoms in total. The van der Waals surface area contributed by atoms with Crippen LogP contribution in [0.4, 0.5) is 0 Å². The van der Waals surface area contributed by atoms with E-state index >= 15 is 0 Å². The SMILES string of the molecule is CC1CCCC(CO)(NC(=O)C=Cc2ccc(Cl)s2)C1. The third kappa shape index (κ3) is 4.08. The third-order valence-corrected chi connectivity index (χ3v) is 4.97. The quantitative estimate of drug-likeness (QED) is 0.836. The molecule has 2 atom stereocenters. The zero-order chi connectivity index (χ0) is 14.6. The number of aliphatic hydroxyl groups excluding tert-OH is 1. The molecule has 110 valence electrons. The van der Waals surface area contributed by atoms with Crippen molar-refractivity contribution in [3.63, 3.8) is 0 Å². The second-order valence-electron chi connectivity index (χ2n) is 5.60. The Morgan fingerprint density at radius 1 is 1.65 bits per heavy atom. The van der Waals surface area contributed by atoms with Gasteiger partial charge < -0.3 is 10.4 Å². The van der Waals surface area contributed by atoms with Crippen molar-refractivity contribution in [1.82, 2.24) is 5.32 Å². The van der Waals surface area contributed by atoms with Crippen molar-refractivity contribution in [3.8, 4) is 0 Å². The van der Waals surface area contributed by atoms with Crippen molar-refractivity contribution in [1.29, 1.82) is 0 Å². The first-order valence-corrected chi connectivity index (χ1v) is 8.09. The number of nitrogens with one attached hydrogen (secondary N) is 1. The molecule has 2 unspecified atom stereocenters. The lowest BCUT2D eigenvalue weighted by molar-refractivity contribution is -0.119. The summed E-state index contributed by atoms with van der Waals surface area (Å²) in [6.07, 6.45) is 7.17. The number of rotatable bonds is 4. The summed E-state index contributed by atoms with van der Waals surface area (Å²) in [5, 5.41) is 12.6. The Hall–Kier alpha value is -0.840. The molecule has 0 radical (unpaired) electrons. The molecule has 0 aliphatic heterocycles. The van der Waals surface area contributed by atoms with Crippen LogP contribution in [0.25, 0.3) is 6.08 Å². The maximum atomic E-state index is 12.0. The minimum atomic E-state index is -0.452. The van der Waals surface area contributed by atoms with E-state index in [4.69, 9.17) is 11.6 Å².